The quantitative estimate of drug-likeness (QED) is 0.849. The van der Waals surface area contributed by atoms with Crippen LogP contribution >= 0.6 is 0 Å². The average molecular weight is 291 g/mol. The standard InChI is InChI=1S/C16H21NO4/c1-16(7-4-8-20-16)15(18)17-10-14(11-17)21-13-6-3-5-12(9-13)19-2/h3,5-6,9,14H,4,7-8,10-11H2,1-2H3. The molecule has 2 aliphatic rings. The second kappa shape index (κ2) is 5.56. The van der Waals surface area contributed by atoms with E-state index < -0.39 is 5.60 Å². The molecule has 0 aliphatic carbocycles. The first kappa shape index (κ1) is 14.2. The minimum absolute atomic E-state index is 0.0473. The largest absolute Gasteiger partial charge is 0.497 e. The molecule has 2 aliphatic heterocycles. The van der Waals surface area contributed by atoms with Crippen molar-refractivity contribution in [2.75, 3.05) is 26.8 Å². The van der Waals surface area contributed by atoms with Crippen LogP contribution in [0.25, 0.3) is 0 Å². The number of likely N-dealkylation sites (tertiary alicyclic amines) is 1. The van der Waals surface area contributed by atoms with Crippen LogP contribution in [0.5, 0.6) is 11.5 Å². The molecule has 2 fully saturated rings. The number of carbonyl (C=O) groups excluding carboxylic acids is 1. The van der Waals surface area contributed by atoms with Crippen molar-refractivity contribution in [1.29, 1.82) is 0 Å². The third kappa shape index (κ3) is 2.83. The zero-order chi connectivity index (χ0) is 14.9. The molecule has 2 saturated heterocycles. The Morgan fingerprint density at radius 3 is 2.81 bits per heavy atom. The Hall–Kier alpha value is -1.75. The lowest BCUT2D eigenvalue weighted by Crippen LogP contribution is -2.61. The van der Waals surface area contributed by atoms with E-state index in [0.29, 0.717) is 19.7 Å². The molecule has 0 spiro atoms. The van der Waals surface area contributed by atoms with Gasteiger partial charge >= 0.3 is 0 Å². The Morgan fingerprint density at radius 1 is 1.38 bits per heavy atom. The Morgan fingerprint density at radius 2 is 2.14 bits per heavy atom. The number of amides is 1. The number of hydrogen-bond acceptors (Lipinski definition) is 4. The van der Waals surface area contributed by atoms with Gasteiger partial charge in [-0.1, -0.05) is 6.07 Å². The molecule has 3 rings (SSSR count). The monoisotopic (exact) mass is 291 g/mol. The maximum atomic E-state index is 12.4. The first-order valence-corrected chi connectivity index (χ1v) is 7.35. The van der Waals surface area contributed by atoms with Gasteiger partial charge in [0.05, 0.1) is 20.2 Å². The lowest BCUT2D eigenvalue weighted by molar-refractivity contribution is -0.159. The fourth-order valence-corrected chi connectivity index (χ4v) is 2.83. The molecule has 1 atom stereocenters. The molecule has 0 bridgehead atoms. The minimum Gasteiger partial charge on any atom is -0.497 e. The molecule has 114 valence electrons. The molecule has 1 aromatic carbocycles. The summed E-state index contributed by atoms with van der Waals surface area (Å²) in [5.74, 6) is 1.63. The number of hydrogen-bond donors (Lipinski definition) is 0. The van der Waals surface area contributed by atoms with Crippen molar-refractivity contribution in [2.45, 2.75) is 31.5 Å². The zero-order valence-corrected chi connectivity index (χ0v) is 12.5. The summed E-state index contributed by atoms with van der Waals surface area (Å²) >= 11 is 0. The Bertz CT molecular complexity index is 519. The van der Waals surface area contributed by atoms with Crippen LogP contribution in [-0.4, -0.2) is 49.3 Å². The first-order valence-electron chi connectivity index (χ1n) is 7.35. The molecule has 5 nitrogen and oxygen atoms in total. The van der Waals surface area contributed by atoms with Crippen molar-refractivity contribution < 1.29 is 19.0 Å². The van der Waals surface area contributed by atoms with Gasteiger partial charge in [0, 0.05) is 12.7 Å². The van der Waals surface area contributed by atoms with Gasteiger partial charge in [0.25, 0.3) is 5.91 Å². The summed E-state index contributed by atoms with van der Waals surface area (Å²) in [6.45, 7) is 3.81. The van der Waals surface area contributed by atoms with E-state index in [9.17, 15) is 4.79 Å². The van der Waals surface area contributed by atoms with Gasteiger partial charge in [0.15, 0.2) is 0 Å². The molecule has 0 radical (unpaired) electrons. The van der Waals surface area contributed by atoms with Gasteiger partial charge in [-0.3, -0.25) is 4.79 Å². The molecule has 1 amide bonds. The molecular formula is C16H21NO4. The number of ether oxygens (including phenoxy) is 3. The van der Waals surface area contributed by atoms with E-state index in [1.54, 1.807) is 7.11 Å². The smallest absolute Gasteiger partial charge is 0.254 e. The van der Waals surface area contributed by atoms with Crippen molar-refractivity contribution in [3.05, 3.63) is 24.3 Å². The van der Waals surface area contributed by atoms with E-state index in [1.807, 2.05) is 36.1 Å². The molecule has 0 aromatic heterocycles. The minimum atomic E-state index is -0.624. The van der Waals surface area contributed by atoms with Crippen LogP contribution in [0.3, 0.4) is 0 Å². The lowest BCUT2D eigenvalue weighted by atomic mass is 9.98. The van der Waals surface area contributed by atoms with E-state index in [0.717, 1.165) is 24.3 Å². The Labute approximate surface area is 124 Å². The highest BCUT2D eigenvalue weighted by molar-refractivity contribution is 5.85. The van der Waals surface area contributed by atoms with E-state index >= 15 is 0 Å². The van der Waals surface area contributed by atoms with Gasteiger partial charge in [0.1, 0.15) is 23.2 Å². The summed E-state index contributed by atoms with van der Waals surface area (Å²) in [4.78, 5) is 14.2. The third-order valence-electron chi connectivity index (χ3n) is 4.15. The van der Waals surface area contributed by atoms with Crippen molar-refractivity contribution >= 4 is 5.91 Å². The normalized spacial score (nSPS) is 25.5. The summed E-state index contributed by atoms with van der Waals surface area (Å²) in [5.41, 5.74) is -0.624. The molecule has 1 unspecified atom stereocenters. The molecular weight excluding hydrogens is 270 g/mol. The van der Waals surface area contributed by atoms with Gasteiger partial charge < -0.3 is 19.1 Å². The van der Waals surface area contributed by atoms with Crippen molar-refractivity contribution in [2.24, 2.45) is 0 Å². The number of benzene rings is 1. The predicted octanol–water partition coefficient (Wildman–Crippen LogP) is 1.85. The highest BCUT2D eigenvalue weighted by atomic mass is 16.5. The molecule has 1 aromatic rings. The highest BCUT2D eigenvalue weighted by Gasteiger charge is 2.45. The van der Waals surface area contributed by atoms with Gasteiger partial charge in [0.2, 0.25) is 0 Å². The topological polar surface area (TPSA) is 48.0 Å². The second-order valence-corrected chi connectivity index (χ2v) is 5.81. The van der Waals surface area contributed by atoms with Gasteiger partial charge in [-0.15, -0.1) is 0 Å². The van der Waals surface area contributed by atoms with E-state index in [4.69, 9.17) is 14.2 Å². The number of nitrogens with zero attached hydrogens (tertiary/aromatic N) is 1. The van der Waals surface area contributed by atoms with E-state index in [1.165, 1.54) is 0 Å². The van der Waals surface area contributed by atoms with Crippen molar-refractivity contribution in [3.8, 4) is 11.5 Å². The van der Waals surface area contributed by atoms with E-state index in [2.05, 4.69) is 0 Å². The van der Waals surface area contributed by atoms with Crippen LogP contribution in [0.15, 0.2) is 24.3 Å². The predicted molar refractivity (Wildman–Crippen MR) is 77.6 cm³/mol. The SMILES string of the molecule is COc1cccc(OC2CN(C(=O)C3(C)CCCO3)C2)c1. The molecule has 21 heavy (non-hydrogen) atoms. The summed E-state index contributed by atoms with van der Waals surface area (Å²) in [5, 5.41) is 0. The maximum Gasteiger partial charge on any atom is 0.254 e. The summed E-state index contributed by atoms with van der Waals surface area (Å²) in [6.07, 6.45) is 1.81. The summed E-state index contributed by atoms with van der Waals surface area (Å²) < 4.78 is 16.6. The average Bonchev–Trinajstić information content (AvgIpc) is 2.90. The van der Waals surface area contributed by atoms with Crippen LogP contribution in [0, 0.1) is 0 Å². The number of methoxy groups -OCH3 is 1. The summed E-state index contributed by atoms with van der Waals surface area (Å²) in [6, 6.07) is 7.52. The Kier molecular flexibility index (Phi) is 3.76. The molecule has 0 N–H and O–H groups in total. The fraction of sp³-hybridized carbons (Fsp3) is 0.562. The fourth-order valence-electron chi connectivity index (χ4n) is 2.83. The van der Waals surface area contributed by atoms with Gasteiger partial charge in [-0.2, -0.15) is 0 Å². The maximum absolute atomic E-state index is 12.4. The number of carbonyl (C=O) groups is 1. The van der Waals surface area contributed by atoms with E-state index in [-0.39, 0.29) is 12.0 Å². The second-order valence-electron chi connectivity index (χ2n) is 5.81. The van der Waals surface area contributed by atoms with Crippen LogP contribution in [0.2, 0.25) is 0 Å². The lowest BCUT2D eigenvalue weighted by Gasteiger charge is -2.42. The van der Waals surface area contributed by atoms with Crippen LogP contribution < -0.4 is 9.47 Å². The van der Waals surface area contributed by atoms with Gasteiger partial charge in [-0.25, -0.2) is 0 Å². The van der Waals surface area contributed by atoms with Crippen LogP contribution in [-0.2, 0) is 9.53 Å². The summed E-state index contributed by atoms with van der Waals surface area (Å²) in [7, 11) is 1.63. The highest BCUT2D eigenvalue weighted by Crippen LogP contribution is 2.30. The zero-order valence-electron chi connectivity index (χ0n) is 12.5. The van der Waals surface area contributed by atoms with Crippen molar-refractivity contribution in [3.63, 3.8) is 0 Å². The van der Waals surface area contributed by atoms with Crippen molar-refractivity contribution in [1.82, 2.24) is 4.90 Å². The van der Waals surface area contributed by atoms with Crippen LogP contribution in [0.1, 0.15) is 19.8 Å². The van der Waals surface area contributed by atoms with Gasteiger partial charge in [-0.05, 0) is 31.9 Å². The first-order chi connectivity index (χ1) is 10.1. The molecule has 2 heterocycles. The molecule has 5 heteroatoms. The third-order valence-corrected chi connectivity index (χ3v) is 4.15. The number of rotatable bonds is 4. The van der Waals surface area contributed by atoms with Crippen LogP contribution in [0.4, 0.5) is 0 Å². The molecule has 0 saturated carbocycles. The Balaban J connectivity index is 1.52.